The highest BCUT2D eigenvalue weighted by atomic mass is 16.1. The normalized spacial score (nSPS) is 23.2. The summed E-state index contributed by atoms with van der Waals surface area (Å²) in [5.41, 5.74) is 1.38. The lowest BCUT2D eigenvalue weighted by Crippen LogP contribution is -2.30. The van der Waals surface area contributed by atoms with Gasteiger partial charge in [-0.2, -0.15) is 0 Å². The van der Waals surface area contributed by atoms with Crippen molar-refractivity contribution in [2.24, 2.45) is 11.8 Å². The Kier molecular flexibility index (Phi) is 7.15. The fourth-order valence-corrected chi connectivity index (χ4v) is 4.06. The zero-order valence-electron chi connectivity index (χ0n) is 14.4. The molecule has 1 aliphatic rings. The van der Waals surface area contributed by atoms with Crippen molar-refractivity contribution in [3.05, 3.63) is 35.9 Å². The second-order valence-corrected chi connectivity index (χ2v) is 6.91. The average Bonchev–Trinajstić information content (AvgIpc) is 2.59. The van der Waals surface area contributed by atoms with Crippen molar-refractivity contribution in [3.8, 4) is 0 Å². The fraction of sp³-hybridized carbons (Fsp3) is 0.667. The predicted molar refractivity (Wildman–Crippen MR) is 94.1 cm³/mol. The third-order valence-electron chi connectivity index (χ3n) is 5.41. The highest BCUT2D eigenvalue weighted by Crippen LogP contribution is 2.40. The molecule has 0 spiro atoms. The van der Waals surface area contributed by atoms with Crippen LogP contribution in [0.15, 0.2) is 30.3 Å². The van der Waals surface area contributed by atoms with Crippen molar-refractivity contribution in [1.82, 2.24) is 0 Å². The summed E-state index contributed by atoms with van der Waals surface area (Å²) in [5, 5.41) is 0. The van der Waals surface area contributed by atoms with Gasteiger partial charge in [-0.05, 0) is 37.2 Å². The zero-order valence-corrected chi connectivity index (χ0v) is 14.4. The van der Waals surface area contributed by atoms with Crippen LogP contribution in [0.5, 0.6) is 0 Å². The first kappa shape index (κ1) is 17.2. The lowest BCUT2D eigenvalue weighted by molar-refractivity contribution is -0.128. The van der Waals surface area contributed by atoms with Gasteiger partial charge in [0.1, 0.15) is 5.78 Å². The number of rotatable bonds is 8. The van der Waals surface area contributed by atoms with Crippen molar-refractivity contribution in [2.45, 2.75) is 77.6 Å². The van der Waals surface area contributed by atoms with Crippen LogP contribution in [-0.2, 0) is 4.79 Å². The Labute approximate surface area is 136 Å². The monoisotopic (exact) mass is 300 g/mol. The minimum Gasteiger partial charge on any atom is -0.299 e. The highest BCUT2D eigenvalue weighted by Gasteiger charge is 2.34. The minimum absolute atomic E-state index is 0.266. The molecule has 0 N–H and O–H groups in total. The molecule has 0 aromatic heterocycles. The Morgan fingerprint density at radius 3 is 2.50 bits per heavy atom. The van der Waals surface area contributed by atoms with E-state index in [1.165, 1.54) is 44.1 Å². The summed E-state index contributed by atoms with van der Waals surface area (Å²) < 4.78 is 0. The number of benzene rings is 1. The zero-order chi connectivity index (χ0) is 15.8. The van der Waals surface area contributed by atoms with Crippen molar-refractivity contribution >= 4 is 5.78 Å². The van der Waals surface area contributed by atoms with Gasteiger partial charge in [0.15, 0.2) is 0 Å². The molecule has 3 atom stereocenters. The maximum absolute atomic E-state index is 13.1. The van der Waals surface area contributed by atoms with E-state index in [0.29, 0.717) is 17.6 Å². The molecule has 0 saturated heterocycles. The molecule has 122 valence electrons. The van der Waals surface area contributed by atoms with Crippen molar-refractivity contribution in [2.75, 3.05) is 0 Å². The van der Waals surface area contributed by atoms with Crippen LogP contribution in [-0.4, -0.2) is 5.78 Å². The molecule has 1 aromatic carbocycles. The number of unbranched alkanes of at least 4 members (excludes halogenated alkanes) is 2. The molecule has 1 heteroatoms. The molecule has 1 fully saturated rings. The molecule has 1 aliphatic carbocycles. The van der Waals surface area contributed by atoms with E-state index in [4.69, 9.17) is 0 Å². The molecule has 1 nitrogen and oxygen atoms in total. The quantitative estimate of drug-likeness (QED) is 0.527. The van der Waals surface area contributed by atoms with Crippen LogP contribution in [0.1, 0.15) is 83.1 Å². The van der Waals surface area contributed by atoms with E-state index in [1.807, 2.05) is 0 Å². The Morgan fingerprint density at radius 1 is 1.09 bits per heavy atom. The van der Waals surface area contributed by atoms with Crippen molar-refractivity contribution in [3.63, 3.8) is 0 Å². The number of ketones is 1. The standard InChI is InChI=1S/C21H32O/c1-3-5-7-12-17(4-2)21(22)20-16-11-10-15-19(20)18-13-8-6-9-14-18/h6,8-9,13-14,17,19-20H,3-5,7,10-12,15-16H2,1-2H3/t17?,19-,20+/m1/s1. The lowest BCUT2D eigenvalue weighted by atomic mass is 9.70. The van der Waals surface area contributed by atoms with Gasteiger partial charge in [-0.15, -0.1) is 0 Å². The van der Waals surface area contributed by atoms with Gasteiger partial charge in [-0.25, -0.2) is 0 Å². The first-order chi connectivity index (χ1) is 10.8. The van der Waals surface area contributed by atoms with E-state index in [0.717, 1.165) is 19.3 Å². The Hall–Kier alpha value is -1.11. The molecule has 1 aromatic rings. The van der Waals surface area contributed by atoms with Crippen LogP contribution in [0.4, 0.5) is 0 Å². The molecule has 0 amide bonds. The van der Waals surface area contributed by atoms with Crippen LogP contribution in [0.2, 0.25) is 0 Å². The van der Waals surface area contributed by atoms with Crippen molar-refractivity contribution < 1.29 is 4.79 Å². The third-order valence-corrected chi connectivity index (χ3v) is 5.41. The van der Waals surface area contributed by atoms with Gasteiger partial charge in [-0.3, -0.25) is 4.79 Å². The van der Waals surface area contributed by atoms with Crippen molar-refractivity contribution in [1.29, 1.82) is 0 Å². The van der Waals surface area contributed by atoms with Crippen LogP contribution in [0, 0.1) is 11.8 Å². The van der Waals surface area contributed by atoms with Gasteiger partial charge in [0.25, 0.3) is 0 Å². The van der Waals surface area contributed by atoms with Gasteiger partial charge in [0, 0.05) is 11.8 Å². The fourth-order valence-electron chi connectivity index (χ4n) is 4.06. The van der Waals surface area contributed by atoms with Gasteiger partial charge < -0.3 is 0 Å². The van der Waals surface area contributed by atoms with Gasteiger partial charge in [-0.1, -0.05) is 76.3 Å². The first-order valence-corrected chi connectivity index (χ1v) is 9.36. The second kappa shape index (κ2) is 9.12. The third kappa shape index (κ3) is 4.44. The Bertz CT molecular complexity index is 436. The summed E-state index contributed by atoms with van der Waals surface area (Å²) >= 11 is 0. The number of carbonyl (C=O) groups excluding carboxylic acids is 1. The summed E-state index contributed by atoms with van der Waals surface area (Å²) in [6.07, 6.45) is 10.6. The van der Waals surface area contributed by atoms with E-state index >= 15 is 0 Å². The van der Waals surface area contributed by atoms with Crippen LogP contribution in [0.25, 0.3) is 0 Å². The minimum atomic E-state index is 0.266. The van der Waals surface area contributed by atoms with Crippen LogP contribution in [0.3, 0.4) is 0 Å². The topological polar surface area (TPSA) is 17.1 Å². The number of carbonyl (C=O) groups is 1. The maximum atomic E-state index is 13.1. The number of hydrogen-bond acceptors (Lipinski definition) is 1. The van der Waals surface area contributed by atoms with E-state index in [1.54, 1.807) is 0 Å². The Balaban J connectivity index is 2.07. The molecule has 0 radical (unpaired) electrons. The summed E-state index contributed by atoms with van der Waals surface area (Å²) in [6, 6.07) is 10.7. The molecule has 0 aliphatic heterocycles. The summed E-state index contributed by atoms with van der Waals surface area (Å²) in [5.74, 6) is 1.58. The molecule has 2 rings (SSSR count). The second-order valence-electron chi connectivity index (χ2n) is 6.91. The molecule has 1 saturated carbocycles. The van der Waals surface area contributed by atoms with Crippen LogP contribution >= 0.6 is 0 Å². The largest absolute Gasteiger partial charge is 0.299 e. The highest BCUT2D eigenvalue weighted by molar-refractivity contribution is 5.84. The molecular weight excluding hydrogens is 268 g/mol. The van der Waals surface area contributed by atoms with E-state index in [9.17, 15) is 4.79 Å². The summed E-state index contributed by atoms with van der Waals surface area (Å²) in [4.78, 5) is 13.1. The maximum Gasteiger partial charge on any atom is 0.139 e. The molecule has 0 bridgehead atoms. The Morgan fingerprint density at radius 2 is 1.82 bits per heavy atom. The molecular formula is C21H32O. The number of hydrogen-bond donors (Lipinski definition) is 0. The SMILES string of the molecule is CCCCCC(CC)C(=O)[C@H]1CCCC[C@@H]1c1ccccc1. The van der Waals surface area contributed by atoms with Gasteiger partial charge in [0.2, 0.25) is 0 Å². The van der Waals surface area contributed by atoms with E-state index < -0.39 is 0 Å². The van der Waals surface area contributed by atoms with Gasteiger partial charge in [0.05, 0.1) is 0 Å². The average molecular weight is 300 g/mol. The smallest absolute Gasteiger partial charge is 0.139 e. The lowest BCUT2D eigenvalue weighted by Gasteiger charge is -2.33. The molecule has 22 heavy (non-hydrogen) atoms. The van der Waals surface area contributed by atoms with Gasteiger partial charge >= 0.3 is 0 Å². The number of Topliss-reactive ketones (excluding diaryl/α,β-unsaturated/α-hetero) is 1. The predicted octanol–water partition coefficient (Wildman–Crippen LogP) is 6.14. The van der Waals surface area contributed by atoms with E-state index in [-0.39, 0.29) is 5.92 Å². The van der Waals surface area contributed by atoms with E-state index in [2.05, 4.69) is 44.2 Å². The first-order valence-electron chi connectivity index (χ1n) is 9.36. The van der Waals surface area contributed by atoms with Crippen LogP contribution < -0.4 is 0 Å². The molecule has 1 unspecified atom stereocenters. The summed E-state index contributed by atoms with van der Waals surface area (Å²) in [6.45, 7) is 4.42. The summed E-state index contributed by atoms with van der Waals surface area (Å²) in [7, 11) is 0. The molecule has 0 heterocycles.